The predicted octanol–water partition coefficient (Wildman–Crippen LogP) is 5.26. The zero-order chi connectivity index (χ0) is 20.3. The fraction of sp³-hybridized carbons (Fsp3) is 0.304. The number of ether oxygens (including phenoxy) is 1. The summed E-state index contributed by atoms with van der Waals surface area (Å²) in [6, 6.07) is 12.8. The van der Waals surface area contributed by atoms with Crippen molar-refractivity contribution in [1.29, 1.82) is 0 Å². The Hall–Kier alpha value is -2.90. The lowest BCUT2D eigenvalue weighted by Gasteiger charge is -2.12. The molecule has 0 spiro atoms. The van der Waals surface area contributed by atoms with E-state index in [0.717, 1.165) is 52.6 Å². The molecule has 1 aliphatic rings. The maximum absolute atomic E-state index is 5.90. The van der Waals surface area contributed by atoms with Crippen LogP contribution >= 0.6 is 11.3 Å². The van der Waals surface area contributed by atoms with E-state index in [2.05, 4.69) is 39.0 Å². The normalized spacial score (nSPS) is 16.2. The second-order valence-electron chi connectivity index (χ2n) is 7.70. The molecule has 1 unspecified atom stereocenters. The van der Waals surface area contributed by atoms with Crippen LogP contribution in [0.3, 0.4) is 0 Å². The van der Waals surface area contributed by atoms with Crippen molar-refractivity contribution in [3.63, 3.8) is 0 Å². The molecule has 5 rings (SSSR count). The molecule has 4 heterocycles. The Labute approximate surface area is 179 Å². The van der Waals surface area contributed by atoms with Crippen molar-refractivity contribution >= 4 is 34.0 Å². The number of nitrogens with one attached hydrogen (secondary N) is 3. The highest BCUT2D eigenvalue weighted by atomic mass is 32.1. The summed E-state index contributed by atoms with van der Waals surface area (Å²) in [5, 5.41) is 10.0. The lowest BCUT2D eigenvalue weighted by atomic mass is 10.2. The van der Waals surface area contributed by atoms with Gasteiger partial charge >= 0.3 is 0 Å². The molecule has 1 atom stereocenters. The molecule has 154 valence electrons. The predicted molar refractivity (Wildman–Crippen MR) is 123 cm³/mol. The Morgan fingerprint density at radius 1 is 1.20 bits per heavy atom. The standard InChI is InChI=1S/C23H25N5OS/c1-15-13-20(30-14-15)21-19-8-11-25-22(19)28-23(27-21)26-17-4-6-18(7-5-17)29-12-9-16-3-2-10-24-16/h4-8,11,13-14,16,24H,2-3,9-10,12H2,1H3,(H2,25,26,27,28). The fourth-order valence-electron chi connectivity index (χ4n) is 3.83. The summed E-state index contributed by atoms with van der Waals surface area (Å²) in [6.45, 7) is 3.97. The second kappa shape index (κ2) is 8.45. The number of thiophene rings is 1. The molecule has 1 saturated heterocycles. The van der Waals surface area contributed by atoms with Crippen LogP contribution in [0.5, 0.6) is 5.75 Å². The Morgan fingerprint density at radius 3 is 2.87 bits per heavy atom. The van der Waals surface area contributed by atoms with Gasteiger partial charge in [0.2, 0.25) is 5.95 Å². The zero-order valence-corrected chi connectivity index (χ0v) is 17.8. The van der Waals surface area contributed by atoms with Crippen LogP contribution < -0.4 is 15.4 Å². The number of nitrogens with zero attached hydrogens (tertiary/aromatic N) is 2. The monoisotopic (exact) mass is 419 g/mol. The maximum Gasteiger partial charge on any atom is 0.229 e. The number of anilines is 2. The number of benzene rings is 1. The zero-order valence-electron chi connectivity index (χ0n) is 16.9. The van der Waals surface area contributed by atoms with Crippen molar-refractivity contribution in [1.82, 2.24) is 20.3 Å². The molecule has 7 heteroatoms. The van der Waals surface area contributed by atoms with Crippen LogP contribution in [-0.2, 0) is 0 Å². The summed E-state index contributed by atoms with van der Waals surface area (Å²) < 4.78 is 5.90. The van der Waals surface area contributed by atoms with Crippen LogP contribution in [0.2, 0.25) is 0 Å². The average molecular weight is 420 g/mol. The van der Waals surface area contributed by atoms with Gasteiger partial charge in [0.1, 0.15) is 11.4 Å². The lowest BCUT2D eigenvalue weighted by Crippen LogP contribution is -2.23. The third-order valence-electron chi connectivity index (χ3n) is 5.39. The fourth-order valence-corrected chi connectivity index (χ4v) is 4.73. The molecule has 3 aromatic heterocycles. The molecule has 1 aromatic carbocycles. The highest BCUT2D eigenvalue weighted by Crippen LogP contribution is 2.32. The minimum absolute atomic E-state index is 0.576. The SMILES string of the molecule is Cc1csc(-c2nc(Nc3ccc(OCCC4CCCN4)cc3)nc3[nH]ccc23)c1. The van der Waals surface area contributed by atoms with Gasteiger partial charge in [-0.15, -0.1) is 11.3 Å². The first kappa shape index (κ1) is 19.1. The van der Waals surface area contributed by atoms with Crippen molar-refractivity contribution in [2.24, 2.45) is 0 Å². The Kier molecular flexibility index (Phi) is 5.38. The van der Waals surface area contributed by atoms with Crippen molar-refractivity contribution < 1.29 is 4.74 Å². The summed E-state index contributed by atoms with van der Waals surface area (Å²) in [5.74, 6) is 1.46. The minimum atomic E-state index is 0.576. The summed E-state index contributed by atoms with van der Waals surface area (Å²) in [6.07, 6.45) is 5.48. The van der Waals surface area contributed by atoms with Gasteiger partial charge in [-0.2, -0.15) is 4.98 Å². The van der Waals surface area contributed by atoms with Gasteiger partial charge in [0.05, 0.1) is 17.2 Å². The van der Waals surface area contributed by atoms with E-state index < -0.39 is 0 Å². The Morgan fingerprint density at radius 2 is 2.10 bits per heavy atom. The van der Waals surface area contributed by atoms with E-state index in [1.165, 1.54) is 18.4 Å². The van der Waals surface area contributed by atoms with E-state index in [0.29, 0.717) is 12.0 Å². The number of hydrogen-bond acceptors (Lipinski definition) is 6. The van der Waals surface area contributed by atoms with Crippen molar-refractivity contribution in [3.8, 4) is 16.3 Å². The van der Waals surface area contributed by atoms with Gasteiger partial charge in [-0.3, -0.25) is 0 Å². The van der Waals surface area contributed by atoms with E-state index >= 15 is 0 Å². The highest BCUT2D eigenvalue weighted by Gasteiger charge is 2.14. The number of hydrogen-bond donors (Lipinski definition) is 3. The van der Waals surface area contributed by atoms with Crippen LogP contribution in [-0.4, -0.2) is 34.1 Å². The van der Waals surface area contributed by atoms with Gasteiger partial charge < -0.3 is 20.4 Å². The third kappa shape index (κ3) is 4.17. The average Bonchev–Trinajstić information content (AvgIpc) is 3.51. The molecule has 0 saturated carbocycles. The van der Waals surface area contributed by atoms with Crippen molar-refractivity contribution in [3.05, 3.63) is 53.5 Å². The second-order valence-corrected chi connectivity index (χ2v) is 8.62. The van der Waals surface area contributed by atoms with Gasteiger partial charge in [0.25, 0.3) is 0 Å². The Balaban J connectivity index is 1.29. The van der Waals surface area contributed by atoms with E-state index in [1.807, 2.05) is 36.5 Å². The summed E-state index contributed by atoms with van der Waals surface area (Å²) in [5.41, 5.74) is 3.95. The summed E-state index contributed by atoms with van der Waals surface area (Å²) >= 11 is 1.70. The number of fused-ring (bicyclic) bond motifs is 1. The first-order chi connectivity index (χ1) is 14.7. The van der Waals surface area contributed by atoms with E-state index in [4.69, 9.17) is 9.72 Å². The molecule has 1 fully saturated rings. The smallest absolute Gasteiger partial charge is 0.229 e. The van der Waals surface area contributed by atoms with Gasteiger partial charge in [-0.05, 0) is 80.1 Å². The van der Waals surface area contributed by atoms with Gasteiger partial charge in [0.15, 0.2) is 0 Å². The maximum atomic E-state index is 5.90. The van der Waals surface area contributed by atoms with Gasteiger partial charge in [-0.25, -0.2) is 4.98 Å². The summed E-state index contributed by atoms with van der Waals surface area (Å²) in [4.78, 5) is 13.8. The number of rotatable bonds is 7. The highest BCUT2D eigenvalue weighted by molar-refractivity contribution is 7.13. The van der Waals surface area contributed by atoms with Gasteiger partial charge in [-0.1, -0.05) is 0 Å². The molecule has 0 bridgehead atoms. The Bertz CT molecular complexity index is 1130. The lowest BCUT2D eigenvalue weighted by molar-refractivity contribution is 0.292. The third-order valence-corrected chi connectivity index (χ3v) is 6.44. The molecular weight excluding hydrogens is 394 g/mol. The van der Waals surface area contributed by atoms with Crippen LogP contribution in [0.25, 0.3) is 21.6 Å². The van der Waals surface area contributed by atoms with Crippen LogP contribution in [0.4, 0.5) is 11.6 Å². The quantitative estimate of drug-likeness (QED) is 0.381. The van der Waals surface area contributed by atoms with E-state index in [-0.39, 0.29) is 0 Å². The van der Waals surface area contributed by atoms with E-state index in [1.54, 1.807) is 11.3 Å². The topological polar surface area (TPSA) is 74.9 Å². The molecule has 3 N–H and O–H groups in total. The first-order valence-corrected chi connectivity index (χ1v) is 11.3. The van der Waals surface area contributed by atoms with Gasteiger partial charge in [0, 0.05) is 23.3 Å². The van der Waals surface area contributed by atoms with Crippen molar-refractivity contribution in [2.45, 2.75) is 32.2 Å². The molecule has 30 heavy (non-hydrogen) atoms. The minimum Gasteiger partial charge on any atom is -0.494 e. The molecule has 6 nitrogen and oxygen atoms in total. The van der Waals surface area contributed by atoms with Crippen LogP contribution in [0, 0.1) is 6.92 Å². The number of aromatic nitrogens is 3. The molecule has 0 radical (unpaired) electrons. The van der Waals surface area contributed by atoms with Crippen LogP contribution in [0.1, 0.15) is 24.8 Å². The molecule has 4 aromatic rings. The molecule has 0 aliphatic carbocycles. The number of H-pyrrole nitrogens is 1. The summed E-state index contributed by atoms with van der Waals surface area (Å²) in [7, 11) is 0. The molecule has 0 amide bonds. The number of aromatic amines is 1. The van der Waals surface area contributed by atoms with Crippen LogP contribution in [0.15, 0.2) is 48.0 Å². The molecule has 1 aliphatic heterocycles. The largest absolute Gasteiger partial charge is 0.494 e. The number of aryl methyl sites for hydroxylation is 1. The first-order valence-electron chi connectivity index (χ1n) is 10.4. The van der Waals surface area contributed by atoms with E-state index in [9.17, 15) is 0 Å². The van der Waals surface area contributed by atoms with Crippen molar-refractivity contribution in [2.75, 3.05) is 18.5 Å². The molecular formula is C23H25N5OS.